The minimum Gasteiger partial charge on any atom is -0.480 e. The van der Waals surface area contributed by atoms with Gasteiger partial charge in [0.1, 0.15) is 6.54 Å². The number of rotatable bonds is 16. The molecule has 41 heavy (non-hydrogen) atoms. The molecule has 0 atom stereocenters. The summed E-state index contributed by atoms with van der Waals surface area (Å²) < 4.78 is 41.3. The first-order chi connectivity index (χ1) is 19.0. The van der Waals surface area contributed by atoms with E-state index in [0.717, 1.165) is 16.0 Å². The van der Waals surface area contributed by atoms with Gasteiger partial charge >= 0.3 is 19.9 Å². The topological polar surface area (TPSA) is 121 Å². The van der Waals surface area contributed by atoms with E-state index in [1.807, 2.05) is 50.2 Å². The maximum atomic E-state index is 13.4. The van der Waals surface area contributed by atoms with Crippen LogP contribution in [0, 0.1) is 5.41 Å². The van der Waals surface area contributed by atoms with Crippen molar-refractivity contribution in [1.29, 1.82) is 0 Å². The molecule has 2 rings (SSSR count). The van der Waals surface area contributed by atoms with Gasteiger partial charge in [-0.05, 0) is 29.3 Å². The molecule has 0 bridgehead atoms. The molecule has 0 aliphatic carbocycles. The van der Waals surface area contributed by atoms with Gasteiger partial charge in [-0.25, -0.2) is 13.9 Å². The molecule has 0 spiro atoms. The fourth-order valence-corrected chi connectivity index (χ4v) is 5.51. The highest BCUT2D eigenvalue weighted by Crippen LogP contribution is 2.51. The van der Waals surface area contributed by atoms with E-state index >= 15 is 0 Å². The van der Waals surface area contributed by atoms with Crippen molar-refractivity contribution >= 4 is 28.2 Å². The van der Waals surface area contributed by atoms with Crippen molar-refractivity contribution < 1.29 is 42.0 Å². The second kappa shape index (κ2) is 15.1. The van der Waals surface area contributed by atoms with Crippen LogP contribution in [0.2, 0.25) is 18.1 Å². The van der Waals surface area contributed by atoms with E-state index in [4.69, 9.17) is 22.7 Å². The molecule has 0 saturated carbocycles. The van der Waals surface area contributed by atoms with E-state index in [1.165, 1.54) is 0 Å². The van der Waals surface area contributed by atoms with Crippen LogP contribution in [0.3, 0.4) is 0 Å². The number of carboxylic acid groups (broad SMARTS) is 1. The summed E-state index contributed by atoms with van der Waals surface area (Å²) in [4.78, 5) is 25.5. The quantitative estimate of drug-likeness (QED) is 0.121. The smallest absolute Gasteiger partial charge is 0.478 e. The van der Waals surface area contributed by atoms with Crippen molar-refractivity contribution in [2.45, 2.75) is 66.0 Å². The second-order valence-corrected chi connectivity index (χ2v) is 18.6. The van der Waals surface area contributed by atoms with Crippen LogP contribution in [0.5, 0.6) is 0 Å². The molecule has 2 aromatic carbocycles. The Morgan fingerprint density at radius 3 is 1.78 bits per heavy atom. The third-order valence-electron chi connectivity index (χ3n) is 6.69. The molecule has 0 radical (unpaired) electrons. The Balaban J connectivity index is 2.04. The van der Waals surface area contributed by atoms with Crippen molar-refractivity contribution in [3.8, 4) is 0 Å². The molecule has 2 aromatic rings. The second-order valence-electron chi connectivity index (χ2n) is 12.1. The average molecular weight is 610 g/mol. The zero-order valence-electron chi connectivity index (χ0n) is 25.1. The minimum atomic E-state index is -4.18. The number of ether oxygens (including phenoxy) is 1. The van der Waals surface area contributed by atoms with E-state index in [1.54, 1.807) is 24.3 Å². The Labute approximate surface area is 244 Å². The van der Waals surface area contributed by atoms with Crippen molar-refractivity contribution in [2.75, 3.05) is 26.5 Å². The van der Waals surface area contributed by atoms with Crippen LogP contribution >= 0.6 is 7.82 Å². The number of hydrogen-bond acceptors (Lipinski definition) is 8. The fraction of sp³-hybridized carbons (Fsp3) is 0.517. The number of hydrogen-bond donors (Lipinski definition) is 1. The first-order valence-electron chi connectivity index (χ1n) is 13.4. The van der Waals surface area contributed by atoms with Gasteiger partial charge in [-0.1, -0.05) is 95.3 Å². The first kappa shape index (κ1) is 34.7. The highest BCUT2D eigenvalue weighted by molar-refractivity contribution is 7.48. The summed E-state index contributed by atoms with van der Waals surface area (Å²) in [6.07, 6.45) is -0.939. The molecule has 0 aliphatic heterocycles. The lowest BCUT2D eigenvalue weighted by atomic mass is 9.94. The minimum absolute atomic E-state index is 0.000789. The van der Waals surface area contributed by atoms with Crippen LogP contribution in [-0.2, 0) is 45.3 Å². The lowest BCUT2D eigenvalue weighted by molar-refractivity contribution is -0.138. The van der Waals surface area contributed by atoms with Gasteiger partial charge in [-0.2, -0.15) is 0 Å². The summed E-state index contributed by atoms with van der Waals surface area (Å²) in [7, 11) is -6.24. The highest BCUT2D eigenvalue weighted by atomic mass is 31.2. The molecule has 0 aromatic heterocycles. The zero-order chi connectivity index (χ0) is 30.7. The summed E-state index contributed by atoms with van der Waals surface area (Å²) in [5, 5.41) is 9.42. The maximum Gasteiger partial charge on any atom is 0.478 e. The maximum absolute atomic E-state index is 13.4. The Hall–Kier alpha value is -2.53. The van der Waals surface area contributed by atoms with Gasteiger partial charge < -0.3 is 14.3 Å². The van der Waals surface area contributed by atoms with Gasteiger partial charge in [0.25, 0.3) is 0 Å². The van der Waals surface area contributed by atoms with Gasteiger partial charge in [0.05, 0.1) is 13.2 Å². The van der Waals surface area contributed by atoms with Crippen molar-refractivity contribution in [1.82, 2.24) is 4.90 Å². The number of phosphoric ester groups is 1. The number of carbonyl (C=O) groups is 2. The number of carboxylic acids is 1. The van der Waals surface area contributed by atoms with Gasteiger partial charge in [0.2, 0.25) is 6.79 Å². The number of carbonyl (C=O) groups excluding carboxylic acids is 1. The standard InChI is InChI=1S/C29H44NO9PSi/c1-28(2,3)41(6,7)39-22-29(4,5)21-30(18-26(31)32)27(33)35-23-38-40(34,36-19-24-14-10-8-11-15-24)37-20-25-16-12-9-13-17-25/h8-17H,18-23H2,1-7H3,(H,31,32). The van der Waals surface area contributed by atoms with Crippen LogP contribution in [0.25, 0.3) is 0 Å². The van der Waals surface area contributed by atoms with Gasteiger partial charge in [-0.15, -0.1) is 0 Å². The number of nitrogens with zero attached hydrogens (tertiary/aromatic N) is 1. The van der Waals surface area contributed by atoms with Gasteiger partial charge in [0, 0.05) is 18.6 Å². The monoisotopic (exact) mass is 609 g/mol. The lowest BCUT2D eigenvalue weighted by Gasteiger charge is -2.40. The Morgan fingerprint density at radius 2 is 1.34 bits per heavy atom. The van der Waals surface area contributed by atoms with E-state index < -0.39 is 47.0 Å². The first-order valence-corrected chi connectivity index (χ1v) is 17.8. The molecular weight excluding hydrogens is 565 g/mol. The number of benzene rings is 2. The van der Waals surface area contributed by atoms with Gasteiger partial charge in [-0.3, -0.25) is 18.7 Å². The predicted molar refractivity (Wildman–Crippen MR) is 159 cm³/mol. The normalized spacial score (nSPS) is 12.7. The SMILES string of the molecule is CC(C)(CO[Si](C)(C)C(C)(C)C)CN(CC(=O)O)C(=O)OCOP(=O)(OCc1ccccc1)OCc1ccccc1. The summed E-state index contributed by atoms with van der Waals surface area (Å²) >= 11 is 0. The highest BCUT2D eigenvalue weighted by Gasteiger charge is 2.39. The predicted octanol–water partition coefficient (Wildman–Crippen LogP) is 7.07. The number of phosphoric acid groups is 1. The van der Waals surface area contributed by atoms with E-state index in [9.17, 15) is 19.3 Å². The van der Waals surface area contributed by atoms with E-state index in [0.29, 0.717) is 6.61 Å². The van der Waals surface area contributed by atoms with Crippen LogP contribution in [0.15, 0.2) is 60.7 Å². The van der Waals surface area contributed by atoms with Crippen molar-refractivity contribution in [3.05, 3.63) is 71.8 Å². The summed E-state index contributed by atoms with van der Waals surface area (Å²) in [6, 6.07) is 18.1. The molecule has 0 fully saturated rings. The molecule has 1 amide bonds. The number of amides is 1. The van der Waals surface area contributed by atoms with Crippen LogP contribution in [0.4, 0.5) is 4.79 Å². The zero-order valence-corrected chi connectivity index (χ0v) is 27.0. The molecule has 10 nitrogen and oxygen atoms in total. The largest absolute Gasteiger partial charge is 0.480 e. The summed E-state index contributed by atoms with van der Waals surface area (Å²) in [5.41, 5.74) is 0.912. The summed E-state index contributed by atoms with van der Waals surface area (Å²) in [6.45, 7) is 13.3. The molecule has 0 aliphatic rings. The van der Waals surface area contributed by atoms with E-state index in [2.05, 4.69) is 33.9 Å². The third kappa shape index (κ3) is 12.5. The van der Waals surface area contributed by atoms with Crippen LogP contribution in [-0.4, -0.2) is 56.9 Å². The molecule has 228 valence electrons. The third-order valence-corrected chi connectivity index (χ3v) is 12.5. The molecule has 12 heteroatoms. The molecule has 1 N–H and O–H groups in total. The molecular formula is C29H44NO9PSi. The van der Waals surface area contributed by atoms with Gasteiger partial charge in [0.15, 0.2) is 8.32 Å². The Kier molecular flexibility index (Phi) is 12.8. The number of aliphatic carboxylic acids is 1. The van der Waals surface area contributed by atoms with Crippen LogP contribution in [0.1, 0.15) is 45.7 Å². The van der Waals surface area contributed by atoms with Crippen LogP contribution < -0.4 is 0 Å². The summed E-state index contributed by atoms with van der Waals surface area (Å²) in [5.74, 6) is -1.20. The molecule has 0 unspecified atom stereocenters. The lowest BCUT2D eigenvalue weighted by Crippen LogP contribution is -2.47. The molecule has 0 heterocycles. The molecule has 0 saturated heterocycles. The fourth-order valence-electron chi connectivity index (χ4n) is 3.30. The van der Waals surface area contributed by atoms with Crippen molar-refractivity contribution in [3.63, 3.8) is 0 Å². The Morgan fingerprint density at radius 1 is 0.854 bits per heavy atom. The van der Waals surface area contributed by atoms with E-state index in [-0.39, 0.29) is 24.8 Å². The van der Waals surface area contributed by atoms with Crippen molar-refractivity contribution in [2.24, 2.45) is 5.41 Å². The Bertz CT molecular complexity index is 1110. The average Bonchev–Trinajstić information content (AvgIpc) is 2.90.